The summed E-state index contributed by atoms with van der Waals surface area (Å²) in [6.07, 6.45) is 1.62. The summed E-state index contributed by atoms with van der Waals surface area (Å²) in [6, 6.07) is 7.89. The Labute approximate surface area is 142 Å². The third kappa shape index (κ3) is 3.70. The molecule has 2 aliphatic heterocycles. The fourth-order valence-corrected chi connectivity index (χ4v) is 3.61. The summed E-state index contributed by atoms with van der Waals surface area (Å²) >= 11 is 1.70. The summed E-state index contributed by atoms with van der Waals surface area (Å²) in [5.74, 6) is 2.12. The van der Waals surface area contributed by atoms with Crippen LogP contribution in [0.4, 0.5) is 0 Å². The minimum Gasteiger partial charge on any atom is -0.481 e. The molecule has 0 radical (unpaired) electrons. The van der Waals surface area contributed by atoms with Gasteiger partial charge < -0.3 is 15.0 Å². The number of nitrogens with one attached hydrogen (secondary N) is 1. The highest BCUT2D eigenvalue weighted by molar-refractivity contribution is 7.98. The number of fused-ring (bicyclic) bond motifs is 1. The molecule has 1 N–H and O–H groups in total. The Bertz CT molecular complexity index is 499. The Morgan fingerprint density at radius 1 is 1.27 bits per heavy atom. The molecule has 122 valence electrons. The van der Waals surface area contributed by atoms with Crippen LogP contribution < -0.4 is 10.1 Å². The molecule has 2 fully saturated rings. The zero-order valence-corrected chi connectivity index (χ0v) is 14.6. The van der Waals surface area contributed by atoms with Gasteiger partial charge in [0.25, 0.3) is 5.91 Å². The second kappa shape index (κ2) is 7.57. The lowest BCUT2D eigenvalue weighted by Gasteiger charge is -2.22. The molecule has 1 amide bonds. The second-order valence-electron chi connectivity index (χ2n) is 5.86. The van der Waals surface area contributed by atoms with Crippen molar-refractivity contribution in [3.8, 4) is 5.75 Å². The minimum absolute atomic E-state index is 0. The molecule has 0 bridgehead atoms. The molecule has 1 aromatic rings. The molecule has 0 saturated carbocycles. The smallest absolute Gasteiger partial charge is 0.263 e. The lowest BCUT2D eigenvalue weighted by atomic mass is 10.0. The first-order valence-electron chi connectivity index (χ1n) is 7.47. The summed E-state index contributed by atoms with van der Waals surface area (Å²) in [7, 11) is 0. The van der Waals surface area contributed by atoms with Crippen LogP contribution in [0.1, 0.15) is 6.92 Å². The molecule has 6 heteroatoms. The molecule has 22 heavy (non-hydrogen) atoms. The average molecular weight is 343 g/mol. The van der Waals surface area contributed by atoms with Crippen LogP contribution in [0.25, 0.3) is 0 Å². The largest absolute Gasteiger partial charge is 0.481 e. The third-order valence-electron chi connectivity index (χ3n) is 4.42. The lowest BCUT2D eigenvalue weighted by molar-refractivity contribution is -0.137. The predicted octanol–water partition coefficient (Wildman–Crippen LogP) is 2.28. The SMILES string of the molecule is CSc1ccc(OC(C)C(=O)N2C[C@H]3CNC[C@H]3C2)cc1.Cl. The monoisotopic (exact) mass is 342 g/mol. The van der Waals surface area contributed by atoms with E-state index in [0.29, 0.717) is 11.8 Å². The Balaban J connectivity index is 0.00000176. The number of hydrogen-bond acceptors (Lipinski definition) is 4. The van der Waals surface area contributed by atoms with Crippen LogP contribution in [0.15, 0.2) is 29.2 Å². The Morgan fingerprint density at radius 3 is 2.41 bits per heavy atom. The second-order valence-corrected chi connectivity index (χ2v) is 6.74. The first kappa shape index (κ1) is 17.4. The fraction of sp³-hybridized carbons (Fsp3) is 0.562. The van der Waals surface area contributed by atoms with E-state index in [1.54, 1.807) is 11.8 Å². The first-order valence-corrected chi connectivity index (χ1v) is 8.70. The quantitative estimate of drug-likeness (QED) is 0.852. The van der Waals surface area contributed by atoms with Crippen LogP contribution in [-0.4, -0.2) is 49.3 Å². The standard InChI is InChI=1S/C16H22N2O2S.ClH/c1-11(20-14-3-5-15(21-2)6-4-14)16(19)18-9-12-7-17-8-13(12)10-18;/h3-6,11-13,17H,7-10H2,1-2H3;1H/t11?,12-,13+;. The van der Waals surface area contributed by atoms with Gasteiger partial charge in [0.05, 0.1) is 0 Å². The molecule has 2 heterocycles. The Morgan fingerprint density at radius 2 is 1.86 bits per heavy atom. The molecule has 0 aromatic heterocycles. The van der Waals surface area contributed by atoms with Crippen LogP contribution in [0, 0.1) is 11.8 Å². The number of carbonyl (C=O) groups excluding carboxylic acids is 1. The number of ether oxygens (including phenoxy) is 1. The number of likely N-dealkylation sites (tertiary alicyclic amines) is 1. The van der Waals surface area contributed by atoms with Gasteiger partial charge >= 0.3 is 0 Å². The molecular formula is C16H23ClN2O2S. The number of thioether (sulfide) groups is 1. The average Bonchev–Trinajstić information content (AvgIpc) is 3.08. The summed E-state index contributed by atoms with van der Waals surface area (Å²) in [4.78, 5) is 15.6. The van der Waals surface area contributed by atoms with Gasteiger partial charge in [-0.25, -0.2) is 0 Å². The van der Waals surface area contributed by atoms with Gasteiger partial charge in [0.2, 0.25) is 0 Å². The van der Waals surface area contributed by atoms with E-state index in [-0.39, 0.29) is 18.3 Å². The maximum absolute atomic E-state index is 12.5. The zero-order valence-electron chi connectivity index (χ0n) is 13.0. The number of hydrogen-bond donors (Lipinski definition) is 1. The Kier molecular flexibility index (Phi) is 6.01. The van der Waals surface area contributed by atoms with Gasteiger partial charge in [-0.15, -0.1) is 24.2 Å². The molecule has 4 nitrogen and oxygen atoms in total. The van der Waals surface area contributed by atoms with E-state index in [1.165, 1.54) is 4.90 Å². The van der Waals surface area contributed by atoms with Crippen molar-refractivity contribution in [2.45, 2.75) is 17.9 Å². The van der Waals surface area contributed by atoms with E-state index in [4.69, 9.17) is 4.74 Å². The van der Waals surface area contributed by atoms with Gasteiger partial charge in [-0.1, -0.05) is 0 Å². The van der Waals surface area contributed by atoms with Crippen LogP contribution in [0.5, 0.6) is 5.75 Å². The molecule has 0 aliphatic carbocycles. The summed E-state index contributed by atoms with van der Waals surface area (Å²) in [5.41, 5.74) is 0. The molecule has 3 atom stereocenters. The van der Waals surface area contributed by atoms with Gasteiger partial charge in [0.1, 0.15) is 5.75 Å². The fourth-order valence-electron chi connectivity index (χ4n) is 3.20. The number of carbonyl (C=O) groups is 1. The van der Waals surface area contributed by atoms with Crippen molar-refractivity contribution >= 4 is 30.1 Å². The van der Waals surface area contributed by atoms with E-state index >= 15 is 0 Å². The van der Waals surface area contributed by atoms with Crippen LogP contribution >= 0.6 is 24.2 Å². The van der Waals surface area contributed by atoms with Crippen molar-refractivity contribution in [2.24, 2.45) is 11.8 Å². The highest BCUT2D eigenvalue weighted by atomic mass is 35.5. The number of benzene rings is 1. The van der Waals surface area contributed by atoms with Gasteiger partial charge in [0.15, 0.2) is 6.10 Å². The van der Waals surface area contributed by atoms with Crippen molar-refractivity contribution in [2.75, 3.05) is 32.4 Å². The highest BCUT2D eigenvalue weighted by Gasteiger charge is 2.39. The normalized spacial score (nSPS) is 24.5. The number of halogens is 1. The molecular weight excluding hydrogens is 320 g/mol. The number of rotatable bonds is 4. The topological polar surface area (TPSA) is 41.6 Å². The summed E-state index contributed by atoms with van der Waals surface area (Å²) < 4.78 is 5.79. The van der Waals surface area contributed by atoms with E-state index in [2.05, 4.69) is 5.32 Å². The zero-order chi connectivity index (χ0) is 14.8. The molecule has 2 saturated heterocycles. The van der Waals surface area contributed by atoms with Crippen molar-refractivity contribution < 1.29 is 9.53 Å². The van der Waals surface area contributed by atoms with Crippen molar-refractivity contribution in [1.29, 1.82) is 0 Å². The van der Waals surface area contributed by atoms with Gasteiger partial charge in [-0.05, 0) is 49.3 Å². The first-order chi connectivity index (χ1) is 10.2. The molecule has 1 unspecified atom stereocenters. The van der Waals surface area contributed by atoms with Crippen LogP contribution in [-0.2, 0) is 4.79 Å². The van der Waals surface area contributed by atoms with E-state index in [9.17, 15) is 4.79 Å². The number of nitrogens with zero attached hydrogens (tertiary/aromatic N) is 1. The molecule has 0 spiro atoms. The van der Waals surface area contributed by atoms with E-state index in [1.807, 2.05) is 42.3 Å². The predicted molar refractivity (Wildman–Crippen MR) is 92.0 cm³/mol. The third-order valence-corrected chi connectivity index (χ3v) is 5.16. The van der Waals surface area contributed by atoms with E-state index in [0.717, 1.165) is 31.9 Å². The number of amides is 1. The maximum atomic E-state index is 12.5. The van der Waals surface area contributed by atoms with Gasteiger partial charge in [-0.3, -0.25) is 4.79 Å². The lowest BCUT2D eigenvalue weighted by Crippen LogP contribution is -2.40. The van der Waals surface area contributed by atoms with E-state index < -0.39 is 6.10 Å². The molecule has 1 aromatic carbocycles. The minimum atomic E-state index is -0.420. The molecule has 2 aliphatic rings. The van der Waals surface area contributed by atoms with Crippen molar-refractivity contribution in [3.05, 3.63) is 24.3 Å². The van der Waals surface area contributed by atoms with Crippen LogP contribution in [0.3, 0.4) is 0 Å². The summed E-state index contributed by atoms with van der Waals surface area (Å²) in [6.45, 7) is 5.67. The summed E-state index contributed by atoms with van der Waals surface area (Å²) in [5, 5.41) is 3.39. The van der Waals surface area contributed by atoms with Crippen LogP contribution in [0.2, 0.25) is 0 Å². The van der Waals surface area contributed by atoms with Gasteiger partial charge in [-0.2, -0.15) is 0 Å². The maximum Gasteiger partial charge on any atom is 0.263 e. The van der Waals surface area contributed by atoms with Crippen molar-refractivity contribution in [3.63, 3.8) is 0 Å². The Hall–Kier alpha value is -0.910. The highest BCUT2D eigenvalue weighted by Crippen LogP contribution is 2.27. The molecule has 3 rings (SSSR count). The van der Waals surface area contributed by atoms with Crippen molar-refractivity contribution in [1.82, 2.24) is 10.2 Å². The van der Waals surface area contributed by atoms with Gasteiger partial charge in [0, 0.05) is 31.1 Å².